The van der Waals surface area contributed by atoms with Crippen LogP contribution in [-0.4, -0.2) is 72.9 Å². The smallest absolute Gasteiger partial charge is 0.258 e. The zero-order valence-corrected chi connectivity index (χ0v) is 20.6. The van der Waals surface area contributed by atoms with Gasteiger partial charge >= 0.3 is 0 Å². The summed E-state index contributed by atoms with van der Waals surface area (Å²) in [7, 11) is 2.22. The summed E-state index contributed by atoms with van der Waals surface area (Å²) in [5, 5.41) is 0. The number of benzene rings is 1. The van der Waals surface area contributed by atoms with E-state index in [0.29, 0.717) is 11.6 Å². The van der Waals surface area contributed by atoms with E-state index in [4.69, 9.17) is 4.99 Å². The third kappa shape index (κ3) is 4.65. The van der Waals surface area contributed by atoms with E-state index in [1.165, 1.54) is 44.7 Å². The van der Waals surface area contributed by atoms with Crippen molar-refractivity contribution in [2.45, 2.75) is 32.7 Å². The number of anilines is 1. The van der Waals surface area contributed by atoms with Crippen molar-refractivity contribution in [1.29, 1.82) is 0 Å². The first-order chi connectivity index (χ1) is 16.5. The fourth-order valence-electron chi connectivity index (χ4n) is 5.37. The topological polar surface area (TPSA) is 54.9 Å². The van der Waals surface area contributed by atoms with E-state index in [9.17, 15) is 4.79 Å². The summed E-state index contributed by atoms with van der Waals surface area (Å²) < 4.78 is 0. The number of piperidine rings is 1. The van der Waals surface area contributed by atoms with Crippen LogP contribution in [0, 0.1) is 6.92 Å². The zero-order chi connectivity index (χ0) is 23.7. The quantitative estimate of drug-likeness (QED) is 0.598. The number of aromatic amines is 1. The van der Waals surface area contributed by atoms with E-state index in [1.807, 2.05) is 37.3 Å². The van der Waals surface area contributed by atoms with Crippen molar-refractivity contribution in [3.05, 3.63) is 70.0 Å². The van der Waals surface area contributed by atoms with Crippen molar-refractivity contribution in [2.75, 3.05) is 51.2 Å². The van der Waals surface area contributed by atoms with Crippen molar-refractivity contribution in [1.82, 2.24) is 14.8 Å². The van der Waals surface area contributed by atoms with Gasteiger partial charge in [0.15, 0.2) is 0 Å². The van der Waals surface area contributed by atoms with E-state index >= 15 is 0 Å². The molecule has 1 aromatic carbocycles. The van der Waals surface area contributed by atoms with Gasteiger partial charge in [0, 0.05) is 62.3 Å². The number of hydrogen-bond donors (Lipinski definition) is 1. The summed E-state index contributed by atoms with van der Waals surface area (Å²) in [6.07, 6.45) is 2.42. The van der Waals surface area contributed by atoms with Gasteiger partial charge in [-0.15, -0.1) is 0 Å². The molecule has 6 nitrogen and oxygen atoms in total. The maximum absolute atomic E-state index is 12.7. The van der Waals surface area contributed by atoms with Gasteiger partial charge in [-0.25, -0.2) is 0 Å². The van der Waals surface area contributed by atoms with Gasteiger partial charge in [-0.2, -0.15) is 0 Å². The van der Waals surface area contributed by atoms with Crippen molar-refractivity contribution in [2.24, 2.45) is 4.99 Å². The molecule has 0 saturated carbocycles. The Balaban J connectivity index is 1.34. The summed E-state index contributed by atoms with van der Waals surface area (Å²) >= 11 is 0. The molecule has 3 heterocycles. The third-order valence-corrected chi connectivity index (χ3v) is 7.51. The van der Waals surface area contributed by atoms with E-state index in [-0.39, 0.29) is 5.56 Å². The average molecular weight is 458 g/mol. The van der Waals surface area contributed by atoms with Crippen LogP contribution in [-0.2, 0) is 0 Å². The molecular formula is C28H35N5O. The number of nitrogens with one attached hydrogen (secondary N) is 1. The lowest BCUT2D eigenvalue weighted by molar-refractivity contribution is 0.0982. The molecule has 2 fully saturated rings. The van der Waals surface area contributed by atoms with E-state index in [1.54, 1.807) is 0 Å². The first-order valence-electron chi connectivity index (χ1n) is 12.4. The number of rotatable bonds is 4. The van der Waals surface area contributed by atoms with Crippen LogP contribution in [0.15, 0.2) is 58.3 Å². The summed E-state index contributed by atoms with van der Waals surface area (Å²) in [5.74, 6) is 0. The maximum Gasteiger partial charge on any atom is 0.258 e. The Morgan fingerprint density at radius 3 is 2.47 bits per heavy atom. The van der Waals surface area contributed by atoms with Crippen LogP contribution in [0.25, 0.3) is 11.3 Å². The van der Waals surface area contributed by atoms with Crippen LogP contribution in [0.1, 0.15) is 30.9 Å². The van der Waals surface area contributed by atoms with Gasteiger partial charge in [0.25, 0.3) is 5.56 Å². The minimum atomic E-state index is -0.0813. The summed E-state index contributed by atoms with van der Waals surface area (Å²) in [6.45, 7) is 10.9. The van der Waals surface area contributed by atoms with E-state index < -0.39 is 0 Å². The normalized spacial score (nSPS) is 19.1. The maximum atomic E-state index is 12.7. The molecule has 34 heavy (non-hydrogen) atoms. The number of aromatic nitrogens is 1. The Morgan fingerprint density at radius 1 is 0.971 bits per heavy atom. The Hall–Kier alpha value is -2.96. The van der Waals surface area contributed by atoms with Gasteiger partial charge in [0.2, 0.25) is 0 Å². The van der Waals surface area contributed by atoms with Gasteiger partial charge in [-0.05, 0) is 57.5 Å². The molecular weight excluding hydrogens is 422 g/mol. The molecule has 1 aliphatic carbocycles. The number of aliphatic imine (C=N–C) groups is 1. The number of aryl methyl sites for hydroxylation is 1. The lowest BCUT2D eigenvalue weighted by Gasteiger charge is -2.42. The zero-order valence-electron chi connectivity index (χ0n) is 20.6. The molecule has 0 atom stereocenters. The molecule has 178 valence electrons. The predicted octanol–water partition coefficient (Wildman–Crippen LogP) is 4.15. The molecule has 0 amide bonds. The first-order valence-corrected chi connectivity index (χ1v) is 12.4. The molecule has 0 radical (unpaired) electrons. The Morgan fingerprint density at radius 2 is 1.71 bits per heavy atom. The fourth-order valence-corrected chi connectivity index (χ4v) is 5.37. The Kier molecular flexibility index (Phi) is 6.53. The van der Waals surface area contributed by atoms with Gasteiger partial charge in [-0.3, -0.25) is 14.7 Å². The van der Waals surface area contributed by atoms with Crippen LogP contribution in [0.2, 0.25) is 0 Å². The standard InChI is InChI=1S/C28H35N5O/c1-20-9-10-23(32-13-11-22(12-14-32)33-17-15-31(3)16-18-33)19-26(20)29-21(2)27-24-7-5-4-6-8-25(24)30-28(27)34/h4-10,19,22H,11-18H2,1-3H3,(H,30,34)/b29-21+. The molecule has 1 N–H and O–H groups in total. The monoisotopic (exact) mass is 457 g/mol. The number of H-pyrrole nitrogens is 1. The summed E-state index contributed by atoms with van der Waals surface area (Å²) in [6, 6.07) is 17.0. The lowest BCUT2D eigenvalue weighted by Crippen LogP contribution is -2.52. The molecule has 0 bridgehead atoms. The van der Waals surface area contributed by atoms with E-state index in [0.717, 1.165) is 41.3 Å². The molecule has 5 rings (SSSR count). The fraction of sp³-hybridized carbons (Fsp3) is 0.429. The molecule has 0 unspecified atom stereocenters. The molecule has 2 saturated heterocycles. The number of piperazine rings is 1. The molecule has 6 heteroatoms. The van der Waals surface area contributed by atoms with Gasteiger partial charge in [0.1, 0.15) is 0 Å². The van der Waals surface area contributed by atoms with Gasteiger partial charge in [0.05, 0.1) is 17.0 Å². The molecule has 1 aromatic rings. The number of fused-ring (bicyclic) bond motifs is 1. The molecule has 0 spiro atoms. The number of likely N-dealkylation sites (N-methyl/N-ethyl adjacent to an activating group) is 1. The van der Waals surface area contributed by atoms with Crippen molar-refractivity contribution < 1.29 is 0 Å². The minimum absolute atomic E-state index is 0.0813. The summed E-state index contributed by atoms with van der Waals surface area (Å²) in [5.41, 5.74) is 6.35. The second kappa shape index (κ2) is 9.72. The van der Waals surface area contributed by atoms with Crippen LogP contribution in [0.5, 0.6) is 0 Å². The highest BCUT2D eigenvalue weighted by atomic mass is 16.1. The number of hydrogen-bond acceptors (Lipinski definition) is 5. The largest absolute Gasteiger partial charge is 0.371 e. The van der Waals surface area contributed by atoms with Crippen molar-refractivity contribution in [3.8, 4) is 11.3 Å². The van der Waals surface area contributed by atoms with Crippen LogP contribution >= 0.6 is 0 Å². The molecule has 4 aliphatic rings. The lowest BCUT2D eigenvalue weighted by atomic mass is 10.0. The second-order valence-corrected chi connectivity index (χ2v) is 9.79. The Bertz CT molecular complexity index is 1200. The highest BCUT2D eigenvalue weighted by molar-refractivity contribution is 6.05. The minimum Gasteiger partial charge on any atom is -0.371 e. The third-order valence-electron chi connectivity index (χ3n) is 7.51. The Labute approximate surface area is 202 Å². The second-order valence-electron chi connectivity index (χ2n) is 9.79. The SMILES string of the molecule is C/C(=N\c1cc(N2CCC(N3CCN(C)CC3)CC2)ccc1C)c1c2cccccc-2[nH]c1=O. The highest BCUT2D eigenvalue weighted by Gasteiger charge is 2.27. The van der Waals surface area contributed by atoms with Gasteiger partial charge < -0.3 is 14.8 Å². The number of nitrogens with zero attached hydrogens (tertiary/aromatic N) is 4. The van der Waals surface area contributed by atoms with Crippen LogP contribution in [0.3, 0.4) is 0 Å². The first kappa shape index (κ1) is 22.8. The van der Waals surface area contributed by atoms with Crippen molar-refractivity contribution >= 4 is 17.1 Å². The summed E-state index contributed by atoms with van der Waals surface area (Å²) in [4.78, 5) is 28.2. The molecule has 0 aromatic heterocycles. The molecule has 3 aliphatic heterocycles. The van der Waals surface area contributed by atoms with Gasteiger partial charge in [-0.1, -0.05) is 30.3 Å². The van der Waals surface area contributed by atoms with Crippen LogP contribution in [0.4, 0.5) is 11.4 Å². The van der Waals surface area contributed by atoms with Crippen molar-refractivity contribution in [3.63, 3.8) is 0 Å². The van der Waals surface area contributed by atoms with E-state index in [2.05, 4.69) is 51.9 Å². The highest BCUT2D eigenvalue weighted by Crippen LogP contribution is 2.30. The van der Waals surface area contributed by atoms with Crippen LogP contribution < -0.4 is 10.5 Å². The average Bonchev–Trinajstić information content (AvgIpc) is 2.99. The predicted molar refractivity (Wildman–Crippen MR) is 141 cm³/mol.